The molecule has 0 atom stereocenters. The summed E-state index contributed by atoms with van der Waals surface area (Å²) in [5.41, 5.74) is 2.55. The van der Waals surface area contributed by atoms with E-state index in [-0.39, 0.29) is 0 Å². The molecule has 0 aromatic heterocycles. The van der Waals surface area contributed by atoms with Crippen LogP contribution in [0.2, 0.25) is 0 Å². The third-order valence-electron chi connectivity index (χ3n) is 3.43. The summed E-state index contributed by atoms with van der Waals surface area (Å²) in [5, 5.41) is 0. The van der Waals surface area contributed by atoms with Crippen LogP contribution in [-0.2, 0) is 6.54 Å². The van der Waals surface area contributed by atoms with Gasteiger partial charge in [0.25, 0.3) is 0 Å². The van der Waals surface area contributed by atoms with Crippen LogP contribution in [-0.4, -0.2) is 50.1 Å². The fraction of sp³-hybridized carbons (Fsp3) is 0.571. The van der Waals surface area contributed by atoms with Gasteiger partial charge in [-0.3, -0.25) is 4.90 Å². The Bertz CT molecular complexity index is 370. The van der Waals surface area contributed by atoms with E-state index in [4.69, 9.17) is 4.74 Å². The highest BCUT2D eigenvalue weighted by atomic mass is 16.5. The van der Waals surface area contributed by atoms with E-state index in [0.29, 0.717) is 0 Å². The molecule has 3 heteroatoms. The first-order valence-electron chi connectivity index (χ1n) is 6.23. The molecular weight excluding hydrogens is 212 g/mol. The van der Waals surface area contributed by atoms with Crippen LogP contribution < -0.4 is 4.74 Å². The van der Waals surface area contributed by atoms with Crippen molar-refractivity contribution in [2.45, 2.75) is 13.5 Å². The lowest BCUT2D eigenvalue weighted by atomic mass is 10.1. The minimum atomic E-state index is 0.997. The van der Waals surface area contributed by atoms with Gasteiger partial charge in [-0.2, -0.15) is 0 Å². The Kier molecular flexibility index (Phi) is 4.02. The van der Waals surface area contributed by atoms with Gasteiger partial charge >= 0.3 is 0 Å². The molecule has 3 nitrogen and oxygen atoms in total. The van der Waals surface area contributed by atoms with Crippen molar-refractivity contribution in [2.24, 2.45) is 0 Å². The average Bonchev–Trinajstić information content (AvgIpc) is 2.34. The Balaban J connectivity index is 2.03. The van der Waals surface area contributed by atoms with Crippen LogP contribution in [0.3, 0.4) is 0 Å². The third kappa shape index (κ3) is 3.20. The highest BCUT2D eigenvalue weighted by Gasteiger charge is 2.15. The average molecular weight is 234 g/mol. The quantitative estimate of drug-likeness (QED) is 0.792. The first-order chi connectivity index (χ1) is 8.19. The summed E-state index contributed by atoms with van der Waals surface area (Å²) in [6, 6.07) is 6.46. The smallest absolute Gasteiger partial charge is 0.123 e. The molecule has 0 bridgehead atoms. The van der Waals surface area contributed by atoms with Crippen LogP contribution in [0.25, 0.3) is 0 Å². The van der Waals surface area contributed by atoms with Crippen molar-refractivity contribution in [3.63, 3.8) is 0 Å². The number of nitrogens with zero attached hydrogens (tertiary/aromatic N) is 2. The van der Waals surface area contributed by atoms with Crippen molar-refractivity contribution < 1.29 is 4.74 Å². The summed E-state index contributed by atoms with van der Waals surface area (Å²) >= 11 is 0. The molecule has 0 radical (unpaired) electrons. The number of piperazine rings is 1. The number of likely N-dealkylation sites (N-methyl/N-ethyl adjacent to an activating group) is 1. The van der Waals surface area contributed by atoms with Gasteiger partial charge in [0.05, 0.1) is 7.11 Å². The molecule has 94 valence electrons. The normalized spacial score (nSPS) is 18.3. The van der Waals surface area contributed by atoms with Gasteiger partial charge in [-0.25, -0.2) is 0 Å². The molecule has 1 saturated heterocycles. The van der Waals surface area contributed by atoms with Crippen LogP contribution in [0.4, 0.5) is 0 Å². The summed E-state index contributed by atoms with van der Waals surface area (Å²) in [7, 11) is 3.94. The zero-order valence-corrected chi connectivity index (χ0v) is 11.1. The second kappa shape index (κ2) is 5.52. The summed E-state index contributed by atoms with van der Waals surface area (Å²) < 4.78 is 5.45. The SMILES string of the molecule is COc1cc(C)ccc1CN1CCN(C)CC1. The van der Waals surface area contributed by atoms with Crippen molar-refractivity contribution >= 4 is 0 Å². The fourth-order valence-corrected chi connectivity index (χ4v) is 2.23. The van der Waals surface area contributed by atoms with Gasteiger partial charge in [0.2, 0.25) is 0 Å². The lowest BCUT2D eigenvalue weighted by molar-refractivity contribution is 0.147. The van der Waals surface area contributed by atoms with Gasteiger partial charge in [0, 0.05) is 38.3 Å². The predicted octanol–water partition coefficient (Wildman–Crippen LogP) is 1.75. The van der Waals surface area contributed by atoms with E-state index >= 15 is 0 Å². The molecule has 0 aliphatic carbocycles. The Morgan fingerprint density at radius 1 is 1.18 bits per heavy atom. The van der Waals surface area contributed by atoms with Crippen LogP contribution in [0.15, 0.2) is 18.2 Å². The summed E-state index contributed by atoms with van der Waals surface area (Å²) in [4.78, 5) is 4.87. The first-order valence-corrected chi connectivity index (χ1v) is 6.23. The van der Waals surface area contributed by atoms with Crippen molar-refractivity contribution in [3.05, 3.63) is 29.3 Å². The number of aryl methyl sites for hydroxylation is 1. The van der Waals surface area contributed by atoms with E-state index in [9.17, 15) is 0 Å². The van der Waals surface area contributed by atoms with Crippen LogP contribution >= 0.6 is 0 Å². The Morgan fingerprint density at radius 3 is 2.53 bits per heavy atom. The molecule has 0 N–H and O–H groups in total. The molecule has 0 saturated carbocycles. The predicted molar refractivity (Wildman–Crippen MR) is 70.5 cm³/mol. The molecule has 1 aromatic rings. The zero-order valence-electron chi connectivity index (χ0n) is 11.1. The van der Waals surface area contributed by atoms with E-state index in [2.05, 4.69) is 42.0 Å². The van der Waals surface area contributed by atoms with Crippen molar-refractivity contribution in [2.75, 3.05) is 40.3 Å². The number of rotatable bonds is 3. The van der Waals surface area contributed by atoms with Gasteiger partial charge < -0.3 is 9.64 Å². The maximum Gasteiger partial charge on any atom is 0.123 e. The minimum Gasteiger partial charge on any atom is -0.496 e. The molecule has 0 spiro atoms. The van der Waals surface area contributed by atoms with Crippen LogP contribution in [0, 0.1) is 6.92 Å². The molecule has 0 amide bonds. The molecule has 1 fully saturated rings. The molecule has 1 aromatic carbocycles. The third-order valence-corrected chi connectivity index (χ3v) is 3.43. The van der Waals surface area contributed by atoms with Gasteiger partial charge in [-0.15, -0.1) is 0 Å². The van der Waals surface area contributed by atoms with E-state index in [1.165, 1.54) is 11.1 Å². The molecule has 0 unspecified atom stereocenters. The monoisotopic (exact) mass is 234 g/mol. The molecule has 1 aliphatic rings. The van der Waals surface area contributed by atoms with Crippen LogP contribution in [0.5, 0.6) is 5.75 Å². The largest absolute Gasteiger partial charge is 0.496 e. The lowest BCUT2D eigenvalue weighted by Crippen LogP contribution is -2.43. The summed E-state index contributed by atoms with van der Waals surface area (Å²) in [6.07, 6.45) is 0. The van der Waals surface area contributed by atoms with Gasteiger partial charge in [-0.05, 0) is 25.6 Å². The Labute approximate surface area is 104 Å². The highest BCUT2D eigenvalue weighted by molar-refractivity contribution is 5.37. The number of hydrogen-bond donors (Lipinski definition) is 0. The molecular formula is C14H22N2O. The topological polar surface area (TPSA) is 15.7 Å². The van der Waals surface area contributed by atoms with E-state index in [1.807, 2.05) is 0 Å². The zero-order chi connectivity index (χ0) is 12.3. The first kappa shape index (κ1) is 12.4. The molecule has 2 rings (SSSR count). The van der Waals surface area contributed by atoms with Gasteiger partial charge in [0.1, 0.15) is 5.75 Å². The maximum atomic E-state index is 5.45. The fourth-order valence-electron chi connectivity index (χ4n) is 2.23. The number of benzene rings is 1. The van der Waals surface area contributed by atoms with Gasteiger partial charge in [0.15, 0.2) is 0 Å². The van der Waals surface area contributed by atoms with Crippen LogP contribution in [0.1, 0.15) is 11.1 Å². The Hall–Kier alpha value is -1.06. The van der Waals surface area contributed by atoms with E-state index in [0.717, 1.165) is 38.5 Å². The van der Waals surface area contributed by atoms with E-state index in [1.54, 1.807) is 7.11 Å². The van der Waals surface area contributed by atoms with E-state index < -0.39 is 0 Å². The lowest BCUT2D eigenvalue weighted by Gasteiger charge is -2.32. The Morgan fingerprint density at radius 2 is 1.88 bits per heavy atom. The standard InChI is InChI=1S/C14H22N2O/c1-12-4-5-13(14(10-12)17-3)11-16-8-6-15(2)7-9-16/h4-5,10H,6-9,11H2,1-3H3. The van der Waals surface area contributed by atoms with Crippen molar-refractivity contribution in [3.8, 4) is 5.75 Å². The number of hydrogen-bond acceptors (Lipinski definition) is 3. The summed E-state index contributed by atoms with van der Waals surface area (Å²) in [6.45, 7) is 7.71. The second-order valence-corrected chi connectivity index (χ2v) is 4.89. The minimum absolute atomic E-state index is 0.997. The summed E-state index contributed by atoms with van der Waals surface area (Å²) in [5.74, 6) is 1.02. The van der Waals surface area contributed by atoms with Crippen molar-refractivity contribution in [1.29, 1.82) is 0 Å². The van der Waals surface area contributed by atoms with Gasteiger partial charge in [-0.1, -0.05) is 12.1 Å². The van der Waals surface area contributed by atoms with Crippen molar-refractivity contribution in [1.82, 2.24) is 9.80 Å². The number of methoxy groups -OCH3 is 1. The number of ether oxygens (including phenoxy) is 1. The second-order valence-electron chi connectivity index (χ2n) is 4.89. The molecule has 1 aliphatic heterocycles. The molecule has 1 heterocycles. The maximum absolute atomic E-state index is 5.45. The molecule has 17 heavy (non-hydrogen) atoms. The highest BCUT2D eigenvalue weighted by Crippen LogP contribution is 2.21.